The van der Waals surface area contributed by atoms with Crippen LogP contribution in [-0.2, 0) is 86.1 Å². The van der Waals surface area contributed by atoms with Crippen molar-refractivity contribution in [1.82, 2.24) is 73.2 Å². The standard InChI is InChI=1S/C72H112N18O29/c1-34(2)55(85-65(106)46-17-12-22-88(46)68(109)56(35(3)4)86-62(103)43(31-92)83-64(105)47-18-13-23-89(47)72(112)118-38(7)40-25-49(115-9)50(26-48(40)90(113)114)116-24-14-19-52(96)76-27-36(5)94)66(107)84-44(33-117-70-57(80-39(8)95)59(100)58(99)51(32-93)119-70)60(101)77-28-54(98)82-42(30-91)61(102)79-37(6)67(108)87-21-11-16-45(87)63(104)78-29-53(97)81-41(69(110)111)15-10-20-75-71(73)74/h25-26,34-35,37-38,41-47,51,55-59,70,91-93,99-100H,10-24,27-33H2,1-9H3,(H,76,96)(H,77,101)(H,78,104)(H,79,102)(H,80,95)(H,81,97)(H,82,98)(H,83,105)(H,84,107)(H,85,106)(H,86,103)(H,110,111)(H4,73,74,75)/t37-,38?,41-,42-,43-,44-,45-,46-,47-,51+,55-,56-,57+,58+,59+,70+/m0/s1. The lowest BCUT2D eigenvalue weighted by Gasteiger charge is -2.42. The van der Waals surface area contributed by atoms with Crippen molar-refractivity contribution < 1.29 is 136 Å². The van der Waals surface area contributed by atoms with E-state index >= 15 is 0 Å². The summed E-state index contributed by atoms with van der Waals surface area (Å²) in [7, 11) is 1.26. The number of nitrogens with two attached hydrogens (primary N) is 2. The van der Waals surface area contributed by atoms with Crippen LogP contribution in [0, 0.1) is 22.0 Å². The molecule has 0 aliphatic carbocycles. The number of aliphatic hydroxyl groups is 5. The highest BCUT2D eigenvalue weighted by atomic mass is 16.7. The lowest BCUT2D eigenvalue weighted by atomic mass is 9.97. The first-order valence-corrected chi connectivity index (χ1v) is 38.7. The number of ether oxygens (including phenoxy) is 5. The van der Waals surface area contributed by atoms with Gasteiger partial charge < -0.3 is 134 Å². The van der Waals surface area contributed by atoms with E-state index in [1.165, 1.54) is 47.8 Å². The van der Waals surface area contributed by atoms with Gasteiger partial charge in [-0.2, -0.15) is 0 Å². The van der Waals surface area contributed by atoms with E-state index in [9.17, 15) is 117 Å². The Morgan fingerprint density at radius 2 is 1.18 bits per heavy atom. The summed E-state index contributed by atoms with van der Waals surface area (Å²) in [5.74, 6) is -15.3. The second-order valence-electron chi connectivity index (χ2n) is 29.4. The van der Waals surface area contributed by atoms with Gasteiger partial charge in [0.25, 0.3) is 5.69 Å². The number of carbonyl (C=O) groups excluding carboxylic acids is 15. The van der Waals surface area contributed by atoms with Crippen molar-refractivity contribution in [2.75, 3.05) is 86.0 Å². The minimum absolute atomic E-state index is 0.00823. The number of methoxy groups -OCH3 is 1. The monoisotopic (exact) mass is 1690 g/mol. The molecule has 1 unspecified atom stereocenters. The highest BCUT2D eigenvalue weighted by molar-refractivity contribution is 5.99. The quantitative estimate of drug-likeness (QED) is 0.00948. The summed E-state index contributed by atoms with van der Waals surface area (Å²) in [4.78, 5) is 233. The number of nitrogens with zero attached hydrogens (tertiary/aromatic N) is 5. The van der Waals surface area contributed by atoms with Crippen molar-refractivity contribution >= 4 is 106 Å². The van der Waals surface area contributed by atoms with E-state index < -0.39 is 248 Å². The first-order valence-electron chi connectivity index (χ1n) is 38.7. The van der Waals surface area contributed by atoms with E-state index in [4.69, 9.17) is 35.2 Å². The number of likely N-dealkylation sites (tertiary alicyclic amines) is 3. The van der Waals surface area contributed by atoms with E-state index in [-0.39, 0.29) is 126 Å². The van der Waals surface area contributed by atoms with Crippen LogP contribution in [0.3, 0.4) is 0 Å². The highest BCUT2D eigenvalue weighted by Crippen LogP contribution is 2.39. The van der Waals surface area contributed by atoms with E-state index in [1.54, 1.807) is 13.8 Å². The predicted molar refractivity (Wildman–Crippen MR) is 410 cm³/mol. The molecule has 119 heavy (non-hydrogen) atoms. The molecule has 4 heterocycles. The molecule has 0 saturated carbocycles. The van der Waals surface area contributed by atoms with Crippen molar-refractivity contribution in [3.05, 3.63) is 27.8 Å². The number of hydrogen-bond donors (Lipinski definition) is 19. The molecule has 47 heteroatoms. The number of carbonyl (C=O) groups is 16. The average Bonchev–Trinajstić information content (AvgIpc) is 1.21. The molecule has 16 atom stereocenters. The minimum atomic E-state index is -1.92. The van der Waals surface area contributed by atoms with Crippen molar-refractivity contribution in [2.24, 2.45) is 28.3 Å². The fourth-order valence-electron chi connectivity index (χ4n) is 13.3. The van der Waals surface area contributed by atoms with Crippen LogP contribution in [0.4, 0.5) is 10.5 Å². The molecule has 14 amide bonds. The number of carboxylic acid groups (broad SMARTS) is 1. The van der Waals surface area contributed by atoms with Crippen LogP contribution in [-0.4, -0.2) is 328 Å². The van der Waals surface area contributed by atoms with Crippen LogP contribution in [0.5, 0.6) is 11.5 Å². The number of amides is 14. The van der Waals surface area contributed by atoms with Gasteiger partial charge in [0.1, 0.15) is 96.7 Å². The molecule has 47 nitrogen and oxygen atoms in total. The number of nitrogens with one attached hydrogen (secondary N) is 11. The second kappa shape index (κ2) is 47.4. The number of hydrogen-bond acceptors (Lipinski definition) is 29. The Labute approximate surface area is 683 Å². The molecular formula is C72H112N18O29. The second-order valence-corrected chi connectivity index (χ2v) is 29.4. The van der Waals surface area contributed by atoms with Crippen LogP contribution in [0.15, 0.2) is 17.1 Å². The normalized spacial score (nSPS) is 20.9. The number of aliphatic carboxylic acids is 1. The van der Waals surface area contributed by atoms with Crippen LogP contribution in [0.1, 0.15) is 131 Å². The molecule has 4 aliphatic rings. The Balaban J connectivity index is 1.23. The molecule has 664 valence electrons. The van der Waals surface area contributed by atoms with E-state index in [0.29, 0.717) is 6.42 Å². The summed E-state index contributed by atoms with van der Waals surface area (Å²) in [6.45, 7) is 5.16. The van der Waals surface area contributed by atoms with Gasteiger partial charge in [-0.1, -0.05) is 27.7 Å². The number of aliphatic hydroxyl groups excluding tert-OH is 5. The first-order chi connectivity index (χ1) is 56.2. The Morgan fingerprint density at radius 3 is 1.75 bits per heavy atom. The predicted octanol–water partition coefficient (Wildman–Crippen LogP) is -7.85. The lowest BCUT2D eigenvalue weighted by Crippen LogP contribution is -2.65. The first kappa shape index (κ1) is 98.3. The third kappa shape index (κ3) is 29.1. The molecule has 1 aromatic rings. The largest absolute Gasteiger partial charge is 0.493 e. The maximum atomic E-state index is 14.6. The average molecular weight is 1690 g/mol. The van der Waals surface area contributed by atoms with Crippen molar-refractivity contribution in [3.8, 4) is 11.5 Å². The van der Waals surface area contributed by atoms with Crippen molar-refractivity contribution in [3.63, 3.8) is 0 Å². The molecule has 4 saturated heterocycles. The zero-order valence-corrected chi connectivity index (χ0v) is 67.6. The van der Waals surface area contributed by atoms with Crippen LogP contribution >= 0.6 is 0 Å². The Bertz CT molecular complexity index is 3830. The summed E-state index contributed by atoms with van der Waals surface area (Å²) in [5, 5.41) is 101. The number of aliphatic imine (C=N–C) groups is 1. The van der Waals surface area contributed by atoms with Crippen molar-refractivity contribution in [2.45, 2.75) is 217 Å². The number of nitro benzene ring substituents is 1. The number of benzene rings is 1. The third-order valence-corrected chi connectivity index (χ3v) is 19.6. The van der Waals surface area contributed by atoms with E-state index in [0.717, 1.165) is 27.7 Å². The van der Waals surface area contributed by atoms with E-state index in [1.807, 2.05) is 0 Å². The SMILES string of the molecule is COc1cc(C(C)OC(=O)N2CCC[C@H]2C(=O)N[C@@H](CO)C(=O)N[C@H](C(=O)N2CCC[C@H]2C(=O)N[C@H](C(=O)N[C@@H](CO[C@@H]2O[C@H](CO)[C@@H](O)[C@H](O)[C@H]2NC(C)=O)C(=O)NCC(=O)N[C@@H](CO)C(=O)N[C@@H](C)C(=O)N2CCC[C@H]2C(=O)NCC(=O)N[C@@H](CCCN=C(N)N)C(=O)O)C(C)C)C(C)C)c([N+](=O)[O-])cc1OCCCC(=O)NCC(C)=O. The van der Waals surface area contributed by atoms with E-state index in [2.05, 4.69) is 63.5 Å². The summed E-state index contributed by atoms with van der Waals surface area (Å²) in [6.07, 6.45) is -8.13. The zero-order chi connectivity index (χ0) is 88.8. The number of ketones is 1. The number of nitro groups is 1. The molecule has 4 fully saturated rings. The van der Waals surface area contributed by atoms with Gasteiger partial charge in [-0.05, 0) is 96.5 Å². The molecule has 0 spiro atoms. The van der Waals surface area contributed by atoms with Gasteiger partial charge in [0.15, 0.2) is 23.7 Å². The van der Waals surface area contributed by atoms with Crippen LogP contribution < -0.4 is 79.4 Å². The minimum Gasteiger partial charge on any atom is -0.493 e. The fraction of sp³-hybridized carbons (Fsp3) is 0.681. The van der Waals surface area contributed by atoms with Gasteiger partial charge >= 0.3 is 12.1 Å². The van der Waals surface area contributed by atoms with Crippen LogP contribution in [0.25, 0.3) is 0 Å². The Morgan fingerprint density at radius 1 is 0.622 bits per heavy atom. The number of Topliss-reactive ketones (excluding diaryl/α,β-unsaturated/α-hetero) is 1. The Kier molecular flexibility index (Phi) is 39.1. The summed E-state index contributed by atoms with van der Waals surface area (Å²) >= 11 is 0. The van der Waals surface area contributed by atoms with Gasteiger partial charge in [-0.25, -0.2) is 9.59 Å². The molecule has 0 bridgehead atoms. The van der Waals surface area contributed by atoms with Gasteiger partial charge in [0, 0.05) is 39.5 Å². The molecular weight excluding hydrogens is 1580 g/mol. The summed E-state index contributed by atoms with van der Waals surface area (Å²) < 4.78 is 28.3. The third-order valence-electron chi connectivity index (χ3n) is 19.6. The van der Waals surface area contributed by atoms with Crippen molar-refractivity contribution in [1.29, 1.82) is 0 Å². The maximum Gasteiger partial charge on any atom is 0.411 e. The zero-order valence-electron chi connectivity index (χ0n) is 67.6. The molecule has 1 aromatic carbocycles. The number of rotatable bonds is 45. The lowest BCUT2D eigenvalue weighted by molar-refractivity contribution is -0.386. The topological polar surface area (TPSA) is 690 Å². The van der Waals surface area contributed by atoms with Gasteiger partial charge in [0.2, 0.25) is 76.8 Å². The molecule has 5 rings (SSSR count). The molecule has 0 aromatic heterocycles. The number of carboxylic acids is 1. The fourth-order valence-corrected chi connectivity index (χ4v) is 13.3. The number of guanidine groups is 1. The highest BCUT2D eigenvalue weighted by Gasteiger charge is 2.48. The molecule has 0 radical (unpaired) electrons. The van der Waals surface area contributed by atoms with Crippen LogP contribution in [0.2, 0.25) is 0 Å². The Hall–Kier alpha value is -11.3. The summed E-state index contributed by atoms with van der Waals surface area (Å²) in [5.41, 5.74) is 9.92. The maximum absolute atomic E-state index is 14.6. The molecule has 4 aliphatic heterocycles. The smallest absolute Gasteiger partial charge is 0.411 e. The van der Waals surface area contributed by atoms with Gasteiger partial charge in [-0.15, -0.1) is 0 Å². The van der Waals surface area contributed by atoms with Gasteiger partial charge in [-0.3, -0.25) is 87.1 Å². The molecule has 21 N–H and O–H groups in total. The van der Waals surface area contributed by atoms with Gasteiger partial charge in [0.05, 0.1) is 76.3 Å². The summed E-state index contributed by atoms with van der Waals surface area (Å²) in [6, 6.07) is -14.3.